The molecular weight excluding hydrogens is 336 g/mol. The summed E-state index contributed by atoms with van der Waals surface area (Å²) < 4.78 is 0. The number of benzene rings is 3. The summed E-state index contributed by atoms with van der Waals surface area (Å²) in [5.41, 5.74) is 13.0. The van der Waals surface area contributed by atoms with Crippen LogP contribution in [-0.2, 0) is 32.1 Å². The maximum atomic E-state index is 2.42. The summed E-state index contributed by atoms with van der Waals surface area (Å²) in [4.78, 5) is 0. The SMILES string of the molecule is CCc1ccc2c(c1)C(Cc1cccc(Cc3ccc(C)c(CC)c3)c1)=CC2. The van der Waals surface area contributed by atoms with Crippen LogP contribution in [0.4, 0.5) is 0 Å². The van der Waals surface area contributed by atoms with Crippen LogP contribution in [0.5, 0.6) is 0 Å². The molecule has 0 N–H and O–H groups in total. The van der Waals surface area contributed by atoms with Crippen molar-refractivity contribution in [1.29, 1.82) is 0 Å². The lowest BCUT2D eigenvalue weighted by Gasteiger charge is -2.11. The summed E-state index contributed by atoms with van der Waals surface area (Å²) in [5.74, 6) is 0. The molecule has 0 saturated carbocycles. The zero-order valence-corrected chi connectivity index (χ0v) is 17.4. The van der Waals surface area contributed by atoms with Gasteiger partial charge in [-0.25, -0.2) is 0 Å². The molecule has 28 heavy (non-hydrogen) atoms. The van der Waals surface area contributed by atoms with E-state index in [1.807, 2.05) is 0 Å². The van der Waals surface area contributed by atoms with Crippen LogP contribution >= 0.6 is 0 Å². The maximum Gasteiger partial charge on any atom is -0.00227 e. The van der Waals surface area contributed by atoms with Crippen LogP contribution in [0.15, 0.2) is 66.7 Å². The molecule has 0 atom stereocenters. The number of rotatable bonds is 6. The predicted molar refractivity (Wildman–Crippen MR) is 121 cm³/mol. The van der Waals surface area contributed by atoms with Gasteiger partial charge in [-0.3, -0.25) is 0 Å². The Balaban J connectivity index is 1.53. The Morgan fingerprint density at radius 1 is 0.714 bits per heavy atom. The molecule has 0 nitrogen and oxygen atoms in total. The standard InChI is InChI=1S/C28H30/c1-4-21-11-12-26-13-14-27(28(26)19-21)18-23-8-6-7-22(15-23)16-24-10-9-20(3)25(5-2)17-24/h6-12,14-15,17,19H,4-5,13,16,18H2,1-3H3. The molecule has 0 heterocycles. The molecule has 0 spiro atoms. The predicted octanol–water partition coefficient (Wildman–Crippen LogP) is 6.89. The molecule has 0 fully saturated rings. The number of hydrogen-bond acceptors (Lipinski definition) is 0. The van der Waals surface area contributed by atoms with Gasteiger partial charge in [-0.2, -0.15) is 0 Å². The molecule has 3 aromatic rings. The van der Waals surface area contributed by atoms with Gasteiger partial charge in [-0.05, 0) is 89.1 Å². The van der Waals surface area contributed by atoms with Crippen molar-refractivity contribution in [3.05, 3.63) is 111 Å². The first-order chi connectivity index (χ1) is 13.7. The van der Waals surface area contributed by atoms with E-state index in [1.54, 1.807) is 0 Å². The lowest BCUT2D eigenvalue weighted by molar-refractivity contribution is 1.08. The Labute approximate surface area is 169 Å². The van der Waals surface area contributed by atoms with Gasteiger partial charge >= 0.3 is 0 Å². The van der Waals surface area contributed by atoms with Gasteiger partial charge in [0.2, 0.25) is 0 Å². The molecular formula is C28H30. The Morgan fingerprint density at radius 3 is 2.25 bits per heavy atom. The van der Waals surface area contributed by atoms with Gasteiger partial charge in [0.1, 0.15) is 0 Å². The zero-order valence-electron chi connectivity index (χ0n) is 17.4. The zero-order chi connectivity index (χ0) is 19.5. The van der Waals surface area contributed by atoms with Crippen LogP contribution in [0, 0.1) is 6.92 Å². The van der Waals surface area contributed by atoms with Crippen LogP contribution in [0.1, 0.15) is 58.4 Å². The van der Waals surface area contributed by atoms with Gasteiger partial charge in [0.25, 0.3) is 0 Å². The van der Waals surface area contributed by atoms with Gasteiger partial charge in [-0.15, -0.1) is 0 Å². The molecule has 1 aliphatic carbocycles. The average Bonchev–Trinajstić information content (AvgIpc) is 3.11. The fourth-order valence-corrected chi connectivity index (χ4v) is 4.35. The second-order valence-corrected chi connectivity index (χ2v) is 8.07. The van der Waals surface area contributed by atoms with E-state index in [4.69, 9.17) is 0 Å². The Morgan fingerprint density at radius 2 is 1.46 bits per heavy atom. The summed E-state index contributed by atoms with van der Waals surface area (Å²) in [6.45, 7) is 6.68. The molecule has 142 valence electrons. The van der Waals surface area contributed by atoms with E-state index in [-0.39, 0.29) is 0 Å². The third kappa shape index (κ3) is 3.97. The molecule has 0 aliphatic heterocycles. The van der Waals surface area contributed by atoms with Crippen molar-refractivity contribution >= 4 is 5.57 Å². The minimum atomic E-state index is 1.01. The van der Waals surface area contributed by atoms with E-state index in [1.165, 1.54) is 50.1 Å². The van der Waals surface area contributed by atoms with Crippen LogP contribution in [0.2, 0.25) is 0 Å². The van der Waals surface area contributed by atoms with Crippen LogP contribution in [-0.4, -0.2) is 0 Å². The average molecular weight is 367 g/mol. The minimum Gasteiger partial charge on any atom is -0.0759 e. The van der Waals surface area contributed by atoms with Crippen molar-refractivity contribution in [3.8, 4) is 0 Å². The first-order valence-electron chi connectivity index (χ1n) is 10.6. The second-order valence-electron chi connectivity index (χ2n) is 8.07. The molecule has 3 aromatic carbocycles. The minimum absolute atomic E-state index is 1.01. The molecule has 0 radical (unpaired) electrons. The molecule has 0 unspecified atom stereocenters. The third-order valence-electron chi connectivity index (χ3n) is 6.09. The van der Waals surface area contributed by atoms with E-state index in [0.717, 1.165) is 32.1 Å². The van der Waals surface area contributed by atoms with Crippen LogP contribution in [0.3, 0.4) is 0 Å². The first-order valence-corrected chi connectivity index (χ1v) is 10.6. The van der Waals surface area contributed by atoms with Crippen molar-refractivity contribution in [1.82, 2.24) is 0 Å². The lowest BCUT2D eigenvalue weighted by Crippen LogP contribution is -1.95. The maximum absolute atomic E-state index is 2.42. The van der Waals surface area contributed by atoms with Gasteiger partial charge in [0.05, 0.1) is 0 Å². The largest absolute Gasteiger partial charge is 0.0759 e. The van der Waals surface area contributed by atoms with Crippen molar-refractivity contribution in [3.63, 3.8) is 0 Å². The summed E-state index contributed by atoms with van der Waals surface area (Å²) in [5, 5.41) is 0. The topological polar surface area (TPSA) is 0 Å². The molecule has 0 saturated heterocycles. The van der Waals surface area contributed by atoms with E-state index in [0.29, 0.717) is 0 Å². The smallest absolute Gasteiger partial charge is 0.00227 e. The molecule has 0 bridgehead atoms. The van der Waals surface area contributed by atoms with Crippen molar-refractivity contribution in [2.75, 3.05) is 0 Å². The van der Waals surface area contributed by atoms with Gasteiger partial charge in [0.15, 0.2) is 0 Å². The van der Waals surface area contributed by atoms with E-state index < -0.39 is 0 Å². The highest BCUT2D eigenvalue weighted by atomic mass is 14.2. The highest BCUT2D eigenvalue weighted by molar-refractivity contribution is 5.75. The van der Waals surface area contributed by atoms with Crippen molar-refractivity contribution in [2.45, 2.75) is 52.9 Å². The highest BCUT2D eigenvalue weighted by Crippen LogP contribution is 2.31. The summed E-state index contributed by atoms with van der Waals surface area (Å²) >= 11 is 0. The van der Waals surface area contributed by atoms with Crippen molar-refractivity contribution in [2.24, 2.45) is 0 Å². The lowest BCUT2D eigenvalue weighted by atomic mass is 9.94. The van der Waals surface area contributed by atoms with E-state index in [9.17, 15) is 0 Å². The third-order valence-corrected chi connectivity index (χ3v) is 6.09. The Bertz CT molecular complexity index is 1020. The molecule has 0 heteroatoms. The molecule has 0 amide bonds. The normalized spacial score (nSPS) is 12.8. The van der Waals surface area contributed by atoms with Gasteiger partial charge < -0.3 is 0 Å². The van der Waals surface area contributed by atoms with Crippen molar-refractivity contribution < 1.29 is 0 Å². The Hall–Kier alpha value is -2.60. The van der Waals surface area contributed by atoms with Crippen LogP contribution in [0.25, 0.3) is 5.57 Å². The number of allylic oxidation sites excluding steroid dienone is 2. The fraction of sp³-hybridized carbons (Fsp3) is 0.286. The number of fused-ring (bicyclic) bond motifs is 1. The molecule has 0 aromatic heterocycles. The first kappa shape index (κ1) is 18.7. The summed E-state index contributed by atoms with van der Waals surface area (Å²) in [6.07, 6.45) is 7.75. The summed E-state index contributed by atoms with van der Waals surface area (Å²) in [7, 11) is 0. The molecule has 1 aliphatic rings. The highest BCUT2D eigenvalue weighted by Gasteiger charge is 2.15. The number of aryl methyl sites for hydroxylation is 3. The Kier molecular flexibility index (Phi) is 5.48. The van der Waals surface area contributed by atoms with Gasteiger partial charge in [-0.1, -0.05) is 80.6 Å². The number of hydrogen-bond donors (Lipinski definition) is 0. The fourth-order valence-electron chi connectivity index (χ4n) is 4.35. The van der Waals surface area contributed by atoms with E-state index in [2.05, 4.69) is 87.5 Å². The van der Waals surface area contributed by atoms with E-state index >= 15 is 0 Å². The molecule has 4 rings (SSSR count). The quantitative estimate of drug-likeness (QED) is 0.445. The summed E-state index contributed by atoms with van der Waals surface area (Å²) in [6, 6.07) is 23.1. The monoisotopic (exact) mass is 366 g/mol. The second kappa shape index (κ2) is 8.19. The van der Waals surface area contributed by atoms with Crippen LogP contribution < -0.4 is 0 Å². The van der Waals surface area contributed by atoms with Gasteiger partial charge in [0, 0.05) is 0 Å².